The van der Waals surface area contributed by atoms with Crippen LogP contribution in [0.4, 0.5) is 0 Å². The van der Waals surface area contributed by atoms with Crippen molar-refractivity contribution in [1.29, 1.82) is 0 Å². The lowest BCUT2D eigenvalue weighted by atomic mass is 9.78. The summed E-state index contributed by atoms with van der Waals surface area (Å²) in [6, 6.07) is 0. The monoisotopic (exact) mass is 263 g/mol. The van der Waals surface area contributed by atoms with Gasteiger partial charge in [0.2, 0.25) is 0 Å². The number of rotatable bonds is 1. The van der Waals surface area contributed by atoms with Crippen molar-refractivity contribution in [3.8, 4) is 0 Å². The van der Waals surface area contributed by atoms with E-state index in [0.717, 1.165) is 32.4 Å². The van der Waals surface area contributed by atoms with Crippen molar-refractivity contribution < 1.29 is 9.53 Å². The topological polar surface area (TPSA) is 29.5 Å². The van der Waals surface area contributed by atoms with Crippen molar-refractivity contribution in [2.45, 2.75) is 64.0 Å². The summed E-state index contributed by atoms with van der Waals surface area (Å²) in [4.78, 5) is 15.2. The van der Waals surface area contributed by atoms with Gasteiger partial charge in [-0.3, -0.25) is 4.90 Å². The molecule has 2 unspecified atom stereocenters. The number of hydrogen-bond acceptors (Lipinski definition) is 3. The first kappa shape index (κ1) is 13.2. The SMILES string of the molecule is CC(C)(C)OC(=O)C12CCCN1CC1CCCC=C12. The van der Waals surface area contributed by atoms with Gasteiger partial charge < -0.3 is 4.74 Å². The number of carbonyl (C=O) groups is 1. The molecule has 2 saturated heterocycles. The maximum atomic E-state index is 12.8. The highest BCUT2D eigenvalue weighted by molar-refractivity contribution is 5.87. The Kier molecular flexibility index (Phi) is 3.01. The zero-order valence-electron chi connectivity index (χ0n) is 12.4. The van der Waals surface area contributed by atoms with Gasteiger partial charge in [-0.05, 0) is 70.9 Å². The predicted octanol–water partition coefficient (Wildman–Crippen LogP) is 2.90. The summed E-state index contributed by atoms with van der Waals surface area (Å²) in [7, 11) is 0. The van der Waals surface area contributed by atoms with Crippen LogP contribution in [0.15, 0.2) is 11.6 Å². The van der Waals surface area contributed by atoms with Gasteiger partial charge in [-0.1, -0.05) is 6.08 Å². The van der Waals surface area contributed by atoms with Crippen LogP contribution in [0.25, 0.3) is 0 Å². The first-order valence-electron chi connectivity index (χ1n) is 7.62. The van der Waals surface area contributed by atoms with Crippen molar-refractivity contribution in [2.75, 3.05) is 13.1 Å². The van der Waals surface area contributed by atoms with Crippen LogP contribution in [-0.4, -0.2) is 35.1 Å². The van der Waals surface area contributed by atoms with Gasteiger partial charge in [0.25, 0.3) is 0 Å². The second kappa shape index (κ2) is 4.34. The van der Waals surface area contributed by atoms with Gasteiger partial charge in [-0.15, -0.1) is 0 Å². The zero-order chi connectivity index (χ0) is 13.7. The Balaban J connectivity index is 1.94. The molecule has 1 aliphatic carbocycles. The molecule has 3 rings (SSSR count). The minimum Gasteiger partial charge on any atom is -0.458 e. The molecular formula is C16H25NO2. The molecule has 19 heavy (non-hydrogen) atoms. The van der Waals surface area contributed by atoms with Crippen molar-refractivity contribution in [2.24, 2.45) is 5.92 Å². The molecule has 3 heteroatoms. The number of nitrogens with zero attached hydrogens (tertiary/aromatic N) is 1. The van der Waals surface area contributed by atoms with Gasteiger partial charge >= 0.3 is 5.97 Å². The summed E-state index contributed by atoms with van der Waals surface area (Å²) in [6.07, 6.45) is 8.04. The highest BCUT2D eigenvalue weighted by Gasteiger charge is 2.58. The van der Waals surface area contributed by atoms with Crippen LogP contribution in [0.1, 0.15) is 52.9 Å². The molecule has 0 radical (unpaired) electrons. The Morgan fingerprint density at radius 3 is 2.95 bits per heavy atom. The quantitative estimate of drug-likeness (QED) is 0.538. The van der Waals surface area contributed by atoms with E-state index in [0.29, 0.717) is 5.92 Å². The molecule has 0 spiro atoms. The molecule has 0 aromatic heterocycles. The van der Waals surface area contributed by atoms with Crippen molar-refractivity contribution in [3.63, 3.8) is 0 Å². The fourth-order valence-electron chi connectivity index (χ4n) is 4.07. The highest BCUT2D eigenvalue weighted by atomic mass is 16.6. The smallest absolute Gasteiger partial charge is 0.331 e. The third-order valence-electron chi connectivity index (χ3n) is 4.72. The lowest BCUT2D eigenvalue weighted by Crippen LogP contribution is -2.50. The Labute approximate surface area is 116 Å². The van der Waals surface area contributed by atoms with Gasteiger partial charge in [0.05, 0.1) is 0 Å². The first-order chi connectivity index (χ1) is 8.93. The summed E-state index contributed by atoms with van der Waals surface area (Å²) < 4.78 is 5.75. The van der Waals surface area contributed by atoms with E-state index in [1.54, 1.807) is 0 Å². The molecule has 0 aromatic rings. The van der Waals surface area contributed by atoms with E-state index < -0.39 is 11.1 Å². The average molecular weight is 263 g/mol. The lowest BCUT2D eigenvalue weighted by Gasteiger charge is -2.35. The van der Waals surface area contributed by atoms with Crippen molar-refractivity contribution in [1.82, 2.24) is 4.90 Å². The summed E-state index contributed by atoms with van der Waals surface area (Å²) in [6.45, 7) is 7.99. The second-order valence-electron chi connectivity index (χ2n) is 7.20. The summed E-state index contributed by atoms with van der Waals surface area (Å²) in [5, 5.41) is 0. The predicted molar refractivity (Wildman–Crippen MR) is 74.8 cm³/mol. The van der Waals surface area contributed by atoms with Gasteiger partial charge in [0.15, 0.2) is 0 Å². The Hall–Kier alpha value is -0.830. The third kappa shape index (κ3) is 2.03. The molecule has 0 amide bonds. The van der Waals surface area contributed by atoms with E-state index in [4.69, 9.17) is 4.74 Å². The molecule has 0 saturated carbocycles. The fourth-order valence-corrected chi connectivity index (χ4v) is 4.07. The molecule has 3 nitrogen and oxygen atoms in total. The molecule has 2 atom stereocenters. The van der Waals surface area contributed by atoms with Crippen molar-refractivity contribution >= 4 is 5.97 Å². The normalized spacial score (nSPS) is 34.7. The van der Waals surface area contributed by atoms with E-state index in [-0.39, 0.29) is 5.97 Å². The largest absolute Gasteiger partial charge is 0.458 e. The molecule has 0 aromatic carbocycles. The average Bonchev–Trinajstić information content (AvgIpc) is 2.82. The third-order valence-corrected chi connectivity index (χ3v) is 4.72. The Morgan fingerprint density at radius 2 is 2.21 bits per heavy atom. The standard InChI is InChI=1S/C16H25NO2/c1-15(2,3)19-14(18)16-9-6-10-17(16)11-12-7-4-5-8-13(12)16/h8,12H,4-7,9-11H2,1-3H3. The number of esters is 1. The minimum atomic E-state index is -0.404. The minimum absolute atomic E-state index is 0.00634. The maximum Gasteiger partial charge on any atom is 0.331 e. The molecule has 0 bridgehead atoms. The Morgan fingerprint density at radius 1 is 1.42 bits per heavy atom. The van der Waals surface area contributed by atoms with Crippen LogP contribution in [0.3, 0.4) is 0 Å². The first-order valence-corrected chi connectivity index (χ1v) is 7.62. The van der Waals surface area contributed by atoms with Gasteiger partial charge in [0.1, 0.15) is 11.1 Å². The van der Waals surface area contributed by atoms with E-state index in [1.165, 1.54) is 18.4 Å². The van der Waals surface area contributed by atoms with Crippen molar-refractivity contribution in [3.05, 3.63) is 11.6 Å². The number of ether oxygens (including phenoxy) is 1. The molecule has 2 fully saturated rings. The highest BCUT2D eigenvalue weighted by Crippen LogP contribution is 2.50. The van der Waals surface area contributed by atoms with Crippen LogP contribution < -0.4 is 0 Å². The van der Waals surface area contributed by atoms with Crippen LogP contribution in [0.2, 0.25) is 0 Å². The second-order valence-corrected chi connectivity index (χ2v) is 7.20. The van der Waals surface area contributed by atoms with Gasteiger partial charge in [-0.25, -0.2) is 4.79 Å². The molecule has 0 N–H and O–H groups in total. The number of carbonyl (C=O) groups excluding carboxylic acids is 1. The summed E-state index contributed by atoms with van der Waals surface area (Å²) >= 11 is 0. The fraction of sp³-hybridized carbons (Fsp3) is 0.812. The van der Waals surface area contributed by atoms with Gasteiger partial charge in [-0.2, -0.15) is 0 Å². The molecular weight excluding hydrogens is 238 g/mol. The number of allylic oxidation sites excluding steroid dienone is 1. The molecule has 106 valence electrons. The van der Waals surface area contributed by atoms with Gasteiger partial charge in [0, 0.05) is 6.54 Å². The zero-order valence-corrected chi connectivity index (χ0v) is 12.4. The van der Waals surface area contributed by atoms with E-state index >= 15 is 0 Å². The number of hydrogen-bond donors (Lipinski definition) is 0. The lowest BCUT2D eigenvalue weighted by molar-refractivity contribution is -0.164. The van der Waals surface area contributed by atoms with E-state index in [2.05, 4.69) is 11.0 Å². The van der Waals surface area contributed by atoms with Crippen LogP contribution in [-0.2, 0) is 9.53 Å². The van der Waals surface area contributed by atoms with Crippen LogP contribution in [0.5, 0.6) is 0 Å². The molecule has 2 aliphatic heterocycles. The maximum absolute atomic E-state index is 12.8. The van der Waals surface area contributed by atoms with Crippen LogP contribution in [0, 0.1) is 5.92 Å². The molecule has 3 aliphatic rings. The van der Waals surface area contributed by atoms with Crippen LogP contribution >= 0.6 is 0 Å². The van der Waals surface area contributed by atoms with E-state index in [1.807, 2.05) is 20.8 Å². The van der Waals surface area contributed by atoms with E-state index in [9.17, 15) is 4.79 Å². The summed E-state index contributed by atoms with van der Waals surface area (Å²) in [5.74, 6) is 0.592. The Bertz CT molecular complexity index is 421. The number of fused-ring (bicyclic) bond motifs is 3. The molecule has 2 heterocycles. The summed E-state index contributed by atoms with van der Waals surface area (Å²) in [5.41, 5.74) is 0.580.